The number of likely N-dealkylation sites (tertiary alicyclic amines) is 1. The van der Waals surface area contributed by atoms with Crippen molar-refractivity contribution in [2.24, 2.45) is 5.92 Å². The first-order chi connectivity index (χ1) is 15.1. The van der Waals surface area contributed by atoms with Gasteiger partial charge >= 0.3 is 6.18 Å². The van der Waals surface area contributed by atoms with E-state index in [-0.39, 0.29) is 30.5 Å². The molecule has 0 radical (unpaired) electrons. The van der Waals surface area contributed by atoms with Crippen molar-refractivity contribution in [2.45, 2.75) is 38.8 Å². The lowest BCUT2D eigenvalue weighted by molar-refractivity contribution is -0.145. The van der Waals surface area contributed by atoms with Crippen molar-refractivity contribution in [3.05, 3.63) is 46.1 Å². The second kappa shape index (κ2) is 8.24. The molecule has 32 heavy (non-hydrogen) atoms. The summed E-state index contributed by atoms with van der Waals surface area (Å²) < 4.78 is 39.8. The quantitative estimate of drug-likeness (QED) is 0.642. The predicted octanol–water partition coefficient (Wildman–Crippen LogP) is 2.28. The molecule has 0 aliphatic carbocycles. The first kappa shape index (κ1) is 21.8. The molecule has 0 bridgehead atoms. The van der Waals surface area contributed by atoms with E-state index in [9.17, 15) is 27.6 Å². The normalized spacial score (nSPS) is 15.4. The van der Waals surface area contributed by atoms with Crippen LogP contribution in [0.1, 0.15) is 41.7 Å². The molecule has 0 saturated carbocycles. The Morgan fingerprint density at radius 3 is 2.66 bits per heavy atom. The average Bonchev–Trinajstić information content (AvgIpc) is 3.38. The van der Waals surface area contributed by atoms with Crippen molar-refractivity contribution in [1.82, 2.24) is 29.3 Å². The second-order valence-electron chi connectivity index (χ2n) is 7.82. The Kier molecular flexibility index (Phi) is 5.61. The minimum atomic E-state index is -4.35. The molecule has 9 nitrogen and oxygen atoms in total. The third kappa shape index (κ3) is 4.30. The van der Waals surface area contributed by atoms with Gasteiger partial charge in [0.05, 0.1) is 23.9 Å². The molecule has 1 fully saturated rings. The number of fused-ring (bicyclic) bond motifs is 1. The van der Waals surface area contributed by atoms with Crippen molar-refractivity contribution >= 4 is 17.2 Å². The highest BCUT2D eigenvalue weighted by molar-refractivity contribution is 5.95. The molecular formula is C20H21F3N6O3. The number of halogens is 3. The van der Waals surface area contributed by atoms with Gasteiger partial charge in [0, 0.05) is 31.6 Å². The molecule has 0 aromatic carbocycles. The van der Waals surface area contributed by atoms with Crippen LogP contribution in [0.15, 0.2) is 29.3 Å². The van der Waals surface area contributed by atoms with Crippen LogP contribution in [0.5, 0.6) is 0 Å². The maximum Gasteiger partial charge on any atom is 0.389 e. The molecule has 1 aliphatic rings. The Morgan fingerprint density at radius 2 is 1.97 bits per heavy atom. The topological polar surface area (TPSA) is 105 Å². The lowest BCUT2D eigenvalue weighted by atomic mass is 9.90. The minimum absolute atomic E-state index is 0.157. The average molecular weight is 450 g/mol. The fourth-order valence-electron chi connectivity index (χ4n) is 3.90. The SMILES string of the molecule is Cc1c(C(=O)N2CCC(C(=O)CCC(F)(F)F)CC2)cnn1-c1nn2cccc2c(=O)[nH]1. The van der Waals surface area contributed by atoms with Gasteiger partial charge in [-0.15, -0.1) is 5.10 Å². The Labute approximate surface area is 179 Å². The van der Waals surface area contributed by atoms with Gasteiger partial charge in [-0.05, 0) is 31.9 Å². The maximum absolute atomic E-state index is 13.0. The molecule has 1 N–H and O–H groups in total. The molecule has 170 valence electrons. The van der Waals surface area contributed by atoms with E-state index in [0.29, 0.717) is 29.6 Å². The summed E-state index contributed by atoms with van der Waals surface area (Å²) in [6, 6.07) is 3.31. The third-order valence-corrected chi connectivity index (χ3v) is 5.72. The summed E-state index contributed by atoms with van der Waals surface area (Å²) in [5.74, 6) is -1.01. The number of carbonyl (C=O) groups excluding carboxylic acids is 2. The number of rotatable bonds is 5. The molecule has 1 saturated heterocycles. The first-order valence-corrected chi connectivity index (χ1v) is 10.2. The van der Waals surface area contributed by atoms with Gasteiger partial charge < -0.3 is 4.90 Å². The van der Waals surface area contributed by atoms with E-state index in [1.165, 1.54) is 15.4 Å². The Morgan fingerprint density at radius 1 is 1.25 bits per heavy atom. The molecule has 3 aromatic rings. The van der Waals surface area contributed by atoms with Crippen LogP contribution in [-0.4, -0.2) is 60.2 Å². The molecule has 4 heterocycles. The number of piperidine rings is 1. The van der Waals surface area contributed by atoms with Gasteiger partial charge in [-0.1, -0.05) is 0 Å². The summed E-state index contributed by atoms with van der Waals surface area (Å²) in [6.45, 7) is 2.22. The zero-order chi connectivity index (χ0) is 23.0. The minimum Gasteiger partial charge on any atom is -0.338 e. The number of H-pyrrole nitrogens is 1. The van der Waals surface area contributed by atoms with Crippen molar-refractivity contribution in [2.75, 3.05) is 13.1 Å². The van der Waals surface area contributed by atoms with Crippen LogP contribution >= 0.6 is 0 Å². The summed E-state index contributed by atoms with van der Waals surface area (Å²) in [4.78, 5) is 41.4. The van der Waals surface area contributed by atoms with E-state index >= 15 is 0 Å². The lowest BCUT2D eigenvalue weighted by Gasteiger charge is -2.31. The van der Waals surface area contributed by atoms with Crippen LogP contribution in [0.2, 0.25) is 0 Å². The van der Waals surface area contributed by atoms with Crippen molar-refractivity contribution in [3.8, 4) is 5.95 Å². The summed E-state index contributed by atoms with van der Waals surface area (Å²) in [7, 11) is 0. The van der Waals surface area contributed by atoms with Gasteiger partial charge in [0.2, 0.25) is 5.95 Å². The standard InChI is InChI=1S/C20H21F3N6O3/c1-12-14(11-24-29(12)19-25-17(31)15-3-2-8-28(15)26-19)18(32)27-9-5-13(6-10-27)16(30)4-7-20(21,22)23/h2-3,8,11,13H,4-7,9-10H2,1H3,(H,25,26,31). The van der Waals surface area contributed by atoms with E-state index in [1.54, 1.807) is 30.2 Å². The Balaban J connectivity index is 1.44. The molecule has 12 heteroatoms. The number of nitrogens with one attached hydrogen (secondary N) is 1. The van der Waals surface area contributed by atoms with Crippen LogP contribution in [0.3, 0.4) is 0 Å². The highest BCUT2D eigenvalue weighted by Crippen LogP contribution is 2.26. The molecule has 0 spiro atoms. The first-order valence-electron chi connectivity index (χ1n) is 10.2. The summed E-state index contributed by atoms with van der Waals surface area (Å²) in [5.41, 5.74) is 0.831. The number of aromatic amines is 1. The molecular weight excluding hydrogens is 429 g/mol. The predicted molar refractivity (Wildman–Crippen MR) is 107 cm³/mol. The van der Waals surface area contributed by atoms with Crippen LogP contribution in [0, 0.1) is 12.8 Å². The van der Waals surface area contributed by atoms with Gasteiger partial charge in [-0.25, -0.2) is 9.20 Å². The van der Waals surface area contributed by atoms with Gasteiger partial charge in [-0.2, -0.15) is 18.3 Å². The number of hydrogen-bond acceptors (Lipinski definition) is 5. The Bertz CT molecular complexity index is 1220. The van der Waals surface area contributed by atoms with E-state index in [4.69, 9.17) is 0 Å². The highest BCUT2D eigenvalue weighted by Gasteiger charge is 2.33. The third-order valence-electron chi connectivity index (χ3n) is 5.72. The number of amides is 1. The summed E-state index contributed by atoms with van der Waals surface area (Å²) in [6.07, 6.45) is -2.32. The zero-order valence-electron chi connectivity index (χ0n) is 17.2. The monoisotopic (exact) mass is 450 g/mol. The van der Waals surface area contributed by atoms with Crippen LogP contribution in [0.25, 0.3) is 11.5 Å². The van der Waals surface area contributed by atoms with Gasteiger partial charge in [-0.3, -0.25) is 19.4 Å². The molecule has 3 aromatic heterocycles. The van der Waals surface area contributed by atoms with Gasteiger partial charge in [0.25, 0.3) is 11.5 Å². The number of ketones is 1. The zero-order valence-corrected chi connectivity index (χ0v) is 17.2. The molecule has 0 unspecified atom stereocenters. The van der Waals surface area contributed by atoms with E-state index in [0.717, 1.165) is 0 Å². The van der Waals surface area contributed by atoms with E-state index < -0.39 is 30.7 Å². The number of Topliss-reactive ketones (excluding diaryl/α,β-unsaturated/α-hetero) is 1. The maximum atomic E-state index is 13.0. The summed E-state index contributed by atoms with van der Waals surface area (Å²) in [5, 5.41) is 8.48. The highest BCUT2D eigenvalue weighted by atomic mass is 19.4. The Hall–Kier alpha value is -3.44. The van der Waals surface area contributed by atoms with Gasteiger partial charge in [0.1, 0.15) is 11.3 Å². The van der Waals surface area contributed by atoms with Crippen molar-refractivity contribution in [3.63, 3.8) is 0 Å². The van der Waals surface area contributed by atoms with Crippen LogP contribution in [-0.2, 0) is 4.79 Å². The number of aromatic nitrogens is 5. The number of hydrogen-bond donors (Lipinski definition) is 1. The van der Waals surface area contributed by atoms with Crippen LogP contribution < -0.4 is 5.56 Å². The fourth-order valence-corrected chi connectivity index (χ4v) is 3.90. The second-order valence-corrected chi connectivity index (χ2v) is 7.82. The fraction of sp³-hybridized carbons (Fsp3) is 0.450. The van der Waals surface area contributed by atoms with Crippen molar-refractivity contribution in [1.29, 1.82) is 0 Å². The lowest BCUT2D eigenvalue weighted by Crippen LogP contribution is -2.40. The number of carbonyl (C=O) groups is 2. The van der Waals surface area contributed by atoms with E-state index in [1.807, 2.05) is 0 Å². The van der Waals surface area contributed by atoms with E-state index in [2.05, 4.69) is 15.2 Å². The van der Waals surface area contributed by atoms with Gasteiger partial charge in [0.15, 0.2) is 0 Å². The molecule has 1 amide bonds. The smallest absolute Gasteiger partial charge is 0.338 e. The largest absolute Gasteiger partial charge is 0.389 e. The molecule has 4 rings (SSSR count). The molecule has 0 atom stereocenters. The number of nitrogens with zero attached hydrogens (tertiary/aromatic N) is 5. The number of alkyl halides is 3. The molecule has 1 aliphatic heterocycles. The van der Waals surface area contributed by atoms with Crippen LogP contribution in [0.4, 0.5) is 13.2 Å². The van der Waals surface area contributed by atoms with Crippen molar-refractivity contribution < 1.29 is 22.8 Å². The summed E-state index contributed by atoms with van der Waals surface area (Å²) >= 11 is 0.